The first-order valence-corrected chi connectivity index (χ1v) is 9.83. The number of aliphatic hydroxyl groups is 1. The number of ether oxygens (including phenoxy) is 3. The maximum atomic E-state index is 13.0. The molecule has 0 bridgehead atoms. The lowest BCUT2D eigenvalue weighted by molar-refractivity contribution is -0.140. The van der Waals surface area contributed by atoms with Gasteiger partial charge in [-0.05, 0) is 42.7 Å². The molecule has 2 saturated heterocycles. The first-order valence-electron chi connectivity index (χ1n) is 9.83. The molecule has 0 spiro atoms. The van der Waals surface area contributed by atoms with E-state index in [1.165, 1.54) is 4.90 Å². The van der Waals surface area contributed by atoms with Crippen LogP contribution in [-0.2, 0) is 14.3 Å². The molecule has 154 valence electrons. The lowest BCUT2D eigenvalue weighted by atomic mass is 9.96. The second-order valence-electron chi connectivity index (χ2n) is 7.44. The number of Topliss-reactive ketones (excluding diaryl/α,β-unsaturated/α-hetero) is 1. The molecule has 0 saturated carbocycles. The summed E-state index contributed by atoms with van der Waals surface area (Å²) in [7, 11) is 0. The lowest BCUT2D eigenvalue weighted by Gasteiger charge is -2.27. The third-order valence-electron chi connectivity index (χ3n) is 5.61. The van der Waals surface area contributed by atoms with Crippen molar-refractivity contribution in [2.75, 3.05) is 19.9 Å². The van der Waals surface area contributed by atoms with Crippen molar-refractivity contribution < 1.29 is 28.9 Å². The Labute approximate surface area is 172 Å². The molecule has 3 aliphatic rings. The van der Waals surface area contributed by atoms with Gasteiger partial charge in [0, 0.05) is 31.1 Å². The van der Waals surface area contributed by atoms with Gasteiger partial charge in [-0.25, -0.2) is 0 Å². The molecule has 2 aromatic rings. The normalized spacial score (nSPS) is 24.6. The van der Waals surface area contributed by atoms with Crippen molar-refractivity contribution in [2.45, 2.75) is 25.0 Å². The van der Waals surface area contributed by atoms with E-state index in [0.717, 1.165) is 12.8 Å². The van der Waals surface area contributed by atoms with Crippen LogP contribution in [0.15, 0.2) is 48.3 Å². The highest BCUT2D eigenvalue weighted by Gasteiger charge is 2.47. The number of amides is 1. The quantitative estimate of drug-likeness (QED) is 0.471. The van der Waals surface area contributed by atoms with E-state index >= 15 is 0 Å². The molecule has 2 unspecified atom stereocenters. The Bertz CT molecular complexity index is 1030. The number of rotatable bonds is 4. The minimum Gasteiger partial charge on any atom is -0.507 e. The van der Waals surface area contributed by atoms with E-state index in [2.05, 4.69) is 4.98 Å². The largest absolute Gasteiger partial charge is 0.507 e. The molecule has 2 fully saturated rings. The molecule has 4 heterocycles. The molecule has 1 amide bonds. The second-order valence-corrected chi connectivity index (χ2v) is 7.44. The summed E-state index contributed by atoms with van der Waals surface area (Å²) in [4.78, 5) is 31.5. The van der Waals surface area contributed by atoms with Gasteiger partial charge < -0.3 is 24.2 Å². The first-order chi connectivity index (χ1) is 14.6. The molecular weight excluding hydrogens is 388 g/mol. The maximum absolute atomic E-state index is 13.0. The Balaban J connectivity index is 1.60. The Kier molecular flexibility index (Phi) is 4.63. The van der Waals surface area contributed by atoms with Crippen molar-refractivity contribution in [3.05, 3.63) is 59.4 Å². The Hall–Kier alpha value is -3.39. The highest BCUT2D eigenvalue weighted by molar-refractivity contribution is 6.46. The smallest absolute Gasteiger partial charge is 0.295 e. The van der Waals surface area contributed by atoms with Gasteiger partial charge in [-0.15, -0.1) is 0 Å². The molecule has 0 aliphatic carbocycles. The van der Waals surface area contributed by atoms with E-state index in [9.17, 15) is 14.7 Å². The van der Waals surface area contributed by atoms with E-state index in [4.69, 9.17) is 14.2 Å². The Morgan fingerprint density at radius 1 is 1.20 bits per heavy atom. The van der Waals surface area contributed by atoms with Crippen LogP contribution in [-0.4, -0.2) is 52.7 Å². The van der Waals surface area contributed by atoms with E-state index < -0.39 is 17.7 Å². The van der Waals surface area contributed by atoms with E-state index in [1.54, 1.807) is 42.7 Å². The number of carbonyl (C=O) groups is 2. The fourth-order valence-corrected chi connectivity index (χ4v) is 4.16. The van der Waals surface area contributed by atoms with Crippen molar-refractivity contribution in [1.29, 1.82) is 0 Å². The van der Waals surface area contributed by atoms with Crippen molar-refractivity contribution in [3.63, 3.8) is 0 Å². The molecule has 2 atom stereocenters. The summed E-state index contributed by atoms with van der Waals surface area (Å²) in [5.41, 5.74) is 1.06. The number of likely N-dealkylation sites (tertiary alicyclic amines) is 1. The minimum absolute atomic E-state index is 0.0323. The molecule has 1 N–H and O–H groups in total. The summed E-state index contributed by atoms with van der Waals surface area (Å²) in [6.07, 6.45) is 4.83. The van der Waals surface area contributed by atoms with Gasteiger partial charge >= 0.3 is 0 Å². The average molecular weight is 408 g/mol. The highest BCUT2D eigenvalue weighted by atomic mass is 16.7. The minimum atomic E-state index is -0.742. The van der Waals surface area contributed by atoms with Gasteiger partial charge in [0.05, 0.1) is 17.7 Å². The number of carbonyl (C=O) groups excluding carboxylic acids is 2. The van der Waals surface area contributed by atoms with Crippen LogP contribution in [0.2, 0.25) is 0 Å². The number of aromatic nitrogens is 1. The second kappa shape index (κ2) is 7.46. The summed E-state index contributed by atoms with van der Waals surface area (Å²) < 4.78 is 16.4. The molecular formula is C22H20N2O6. The molecule has 0 radical (unpaired) electrons. The third-order valence-corrected chi connectivity index (χ3v) is 5.61. The van der Waals surface area contributed by atoms with Gasteiger partial charge in [-0.1, -0.05) is 6.07 Å². The fourth-order valence-electron chi connectivity index (χ4n) is 4.16. The molecule has 1 aromatic heterocycles. The molecule has 30 heavy (non-hydrogen) atoms. The summed E-state index contributed by atoms with van der Waals surface area (Å²) in [6.45, 7) is 1.02. The molecule has 5 rings (SSSR count). The van der Waals surface area contributed by atoms with Crippen molar-refractivity contribution in [1.82, 2.24) is 9.88 Å². The fraction of sp³-hybridized carbons (Fsp3) is 0.318. The SMILES string of the molecule is O=C1C(=O)N(CC2CCCO2)C(c2cccnc2)/C1=C(/O)c1ccc2c(c1)OCO2. The first kappa shape index (κ1) is 18.6. The zero-order valence-electron chi connectivity index (χ0n) is 16.1. The van der Waals surface area contributed by atoms with Gasteiger partial charge in [0.1, 0.15) is 5.76 Å². The molecule has 8 heteroatoms. The zero-order chi connectivity index (χ0) is 20.7. The number of fused-ring (bicyclic) bond motifs is 1. The predicted octanol–water partition coefficient (Wildman–Crippen LogP) is 2.41. The zero-order valence-corrected chi connectivity index (χ0v) is 16.1. The van der Waals surface area contributed by atoms with Gasteiger partial charge in [0.15, 0.2) is 11.5 Å². The van der Waals surface area contributed by atoms with Crippen molar-refractivity contribution in [2.24, 2.45) is 0 Å². The Morgan fingerprint density at radius 3 is 2.83 bits per heavy atom. The standard InChI is InChI=1S/C22H20N2O6/c25-20(13-5-6-16-17(9-13)30-12-29-16)18-19(14-3-1-7-23-10-14)24(22(27)21(18)26)11-15-4-2-8-28-15/h1,3,5-7,9-10,15,19,25H,2,4,8,11-12H2/b20-18-. The molecule has 1 aromatic carbocycles. The lowest BCUT2D eigenvalue weighted by Crippen LogP contribution is -2.36. The van der Waals surface area contributed by atoms with Crippen LogP contribution < -0.4 is 9.47 Å². The van der Waals surface area contributed by atoms with Crippen LogP contribution in [0.4, 0.5) is 0 Å². The van der Waals surface area contributed by atoms with Crippen LogP contribution in [0.5, 0.6) is 11.5 Å². The highest BCUT2D eigenvalue weighted by Crippen LogP contribution is 2.41. The van der Waals surface area contributed by atoms with Gasteiger partial charge in [-0.3, -0.25) is 14.6 Å². The summed E-state index contributed by atoms with van der Waals surface area (Å²) in [5.74, 6) is -0.589. The number of aliphatic hydroxyl groups excluding tert-OH is 1. The number of ketones is 1. The number of hydrogen-bond acceptors (Lipinski definition) is 7. The van der Waals surface area contributed by atoms with Crippen LogP contribution >= 0.6 is 0 Å². The summed E-state index contributed by atoms with van der Waals surface area (Å²) >= 11 is 0. The molecule has 8 nitrogen and oxygen atoms in total. The van der Waals surface area contributed by atoms with Crippen LogP contribution in [0, 0.1) is 0 Å². The third kappa shape index (κ3) is 3.09. The van der Waals surface area contributed by atoms with Crippen LogP contribution in [0.25, 0.3) is 5.76 Å². The predicted molar refractivity (Wildman–Crippen MR) is 105 cm³/mol. The van der Waals surface area contributed by atoms with Crippen LogP contribution in [0.3, 0.4) is 0 Å². The van der Waals surface area contributed by atoms with E-state index in [0.29, 0.717) is 29.2 Å². The Morgan fingerprint density at radius 2 is 2.07 bits per heavy atom. The number of hydrogen-bond donors (Lipinski definition) is 1. The van der Waals surface area contributed by atoms with Gasteiger partial charge in [0.2, 0.25) is 6.79 Å². The number of pyridine rings is 1. The monoisotopic (exact) mass is 408 g/mol. The maximum Gasteiger partial charge on any atom is 0.295 e. The molecule has 3 aliphatic heterocycles. The topological polar surface area (TPSA) is 98.2 Å². The summed E-state index contributed by atoms with van der Waals surface area (Å²) in [5, 5.41) is 11.1. The average Bonchev–Trinajstić information content (AvgIpc) is 3.50. The summed E-state index contributed by atoms with van der Waals surface area (Å²) in [6, 6.07) is 7.69. The van der Waals surface area contributed by atoms with Gasteiger partial charge in [0.25, 0.3) is 11.7 Å². The van der Waals surface area contributed by atoms with E-state index in [-0.39, 0.29) is 30.8 Å². The van der Waals surface area contributed by atoms with Crippen LogP contribution in [0.1, 0.15) is 30.0 Å². The van der Waals surface area contributed by atoms with E-state index in [1.807, 2.05) is 0 Å². The van der Waals surface area contributed by atoms with Crippen molar-refractivity contribution >= 4 is 17.4 Å². The van der Waals surface area contributed by atoms with Crippen molar-refractivity contribution in [3.8, 4) is 11.5 Å². The number of nitrogens with zero attached hydrogens (tertiary/aromatic N) is 2. The number of benzene rings is 1. The van der Waals surface area contributed by atoms with Gasteiger partial charge in [-0.2, -0.15) is 0 Å².